The summed E-state index contributed by atoms with van der Waals surface area (Å²) in [5.41, 5.74) is 0.144. The van der Waals surface area contributed by atoms with E-state index in [9.17, 15) is 4.79 Å². The zero-order valence-corrected chi connectivity index (χ0v) is 9.26. The number of rotatable bonds is 0. The Hall–Kier alpha value is -1.06. The Balaban J connectivity index is 2.58. The van der Waals surface area contributed by atoms with Crippen LogP contribution in [0.2, 0.25) is 0 Å². The topological polar surface area (TPSA) is 53.4 Å². The molecule has 0 unspecified atom stereocenters. The third kappa shape index (κ3) is 2.72. The van der Waals surface area contributed by atoms with Gasteiger partial charge in [0.1, 0.15) is 5.60 Å². The summed E-state index contributed by atoms with van der Waals surface area (Å²) in [7, 11) is 0. The maximum absolute atomic E-state index is 11.6. The van der Waals surface area contributed by atoms with Gasteiger partial charge in [-0.05, 0) is 27.7 Å². The van der Waals surface area contributed by atoms with Crippen molar-refractivity contribution in [3.8, 4) is 0 Å². The van der Waals surface area contributed by atoms with Gasteiger partial charge in [-0.3, -0.25) is 4.90 Å². The molecule has 14 heavy (non-hydrogen) atoms. The van der Waals surface area contributed by atoms with Gasteiger partial charge in [-0.2, -0.15) is 0 Å². The zero-order chi connectivity index (χ0) is 10.9. The summed E-state index contributed by atoms with van der Waals surface area (Å²) in [6.45, 7) is 7.88. The lowest BCUT2D eigenvalue weighted by molar-refractivity contribution is 0.0245. The van der Waals surface area contributed by atoms with Crippen molar-refractivity contribution in [2.45, 2.75) is 45.8 Å². The fraction of sp³-hybridized carbons (Fsp3) is 0.800. The Morgan fingerprint density at radius 2 is 2.14 bits per heavy atom. The molecule has 4 nitrogen and oxygen atoms in total. The number of amides is 1. The first-order valence-electron chi connectivity index (χ1n) is 4.85. The number of nitrogens with one attached hydrogen (secondary N) is 1. The van der Waals surface area contributed by atoms with Crippen LogP contribution in [0.4, 0.5) is 4.79 Å². The van der Waals surface area contributed by atoms with E-state index in [-0.39, 0.29) is 12.1 Å². The number of nitrogens with zero attached hydrogens (tertiary/aromatic N) is 1. The molecule has 1 amide bonds. The summed E-state index contributed by atoms with van der Waals surface area (Å²) < 4.78 is 5.23. The highest BCUT2D eigenvalue weighted by molar-refractivity contribution is 5.90. The number of carbonyl (C=O) groups excluding carboxylic acids is 1. The summed E-state index contributed by atoms with van der Waals surface area (Å²) in [6.07, 6.45) is 0.353. The Bertz CT molecular complexity index is 255. The summed E-state index contributed by atoms with van der Waals surface area (Å²) >= 11 is 0. The minimum atomic E-state index is -0.457. The lowest BCUT2D eigenvalue weighted by atomic mass is 10.2. The van der Waals surface area contributed by atoms with Crippen LogP contribution < -0.4 is 0 Å². The fourth-order valence-corrected chi connectivity index (χ4v) is 1.46. The van der Waals surface area contributed by atoms with Crippen molar-refractivity contribution in [3.05, 3.63) is 0 Å². The number of carbonyl (C=O) groups is 1. The first-order chi connectivity index (χ1) is 6.29. The van der Waals surface area contributed by atoms with Gasteiger partial charge in [-0.15, -0.1) is 0 Å². The van der Waals surface area contributed by atoms with E-state index >= 15 is 0 Å². The molecule has 0 spiro atoms. The standard InChI is InChI=1S/C10H18N2O2/c1-7-5-8(11)6-12(7)9(13)14-10(2,3)4/h7,11H,5-6H2,1-4H3/t7-/m1/s1. The molecule has 1 fully saturated rings. The fourth-order valence-electron chi connectivity index (χ4n) is 1.46. The molecule has 1 aliphatic rings. The largest absolute Gasteiger partial charge is 0.444 e. The normalized spacial score (nSPS) is 22.7. The van der Waals surface area contributed by atoms with Crippen molar-refractivity contribution in [1.29, 1.82) is 5.41 Å². The molecule has 80 valence electrons. The minimum absolute atomic E-state index is 0.0948. The maximum atomic E-state index is 11.6. The van der Waals surface area contributed by atoms with Gasteiger partial charge in [0, 0.05) is 18.2 Å². The highest BCUT2D eigenvalue weighted by Crippen LogP contribution is 2.18. The highest BCUT2D eigenvalue weighted by atomic mass is 16.6. The second kappa shape index (κ2) is 3.59. The monoisotopic (exact) mass is 198 g/mol. The molecular formula is C10H18N2O2. The molecule has 0 aromatic rings. The third-order valence-corrected chi connectivity index (χ3v) is 2.06. The average Bonchev–Trinajstić information content (AvgIpc) is 2.26. The molecule has 1 heterocycles. The van der Waals surface area contributed by atoms with E-state index < -0.39 is 5.60 Å². The average molecular weight is 198 g/mol. The molecule has 0 radical (unpaired) electrons. The molecule has 0 saturated carbocycles. The highest BCUT2D eigenvalue weighted by Gasteiger charge is 2.31. The van der Waals surface area contributed by atoms with E-state index in [1.54, 1.807) is 4.90 Å². The van der Waals surface area contributed by atoms with Gasteiger partial charge in [0.15, 0.2) is 0 Å². The predicted molar refractivity (Wildman–Crippen MR) is 54.7 cm³/mol. The van der Waals surface area contributed by atoms with Crippen LogP contribution in [-0.4, -0.2) is 34.9 Å². The van der Waals surface area contributed by atoms with E-state index in [2.05, 4.69) is 0 Å². The van der Waals surface area contributed by atoms with Crippen LogP contribution in [0.5, 0.6) is 0 Å². The van der Waals surface area contributed by atoms with Crippen LogP contribution in [0.3, 0.4) is 0 Å². The number of hydrogen-bond donors (Lipinski definition) is 1. The molecule has 4 heteroatoms. The summed E-state index contributed by atoms with van der Waals surface area (Å²) in [5.74, 6) is 0. The van der Waals surface area contributed by atoms with Crippen molar-refractivity contribution < 1.29 is 9.53 Å². The van der Waals surface area contributed by atoms with Gasteiger partial charge >= 0.3 is 6.09 Å². The first-order valence-corrected chi connectivity index (χ1v) is 4.85. The van der Waals surface area contributed by atoms with E-state index in [1.165, 1.54) is 0 Å². The molecule has 1 atom stereocenters. The lowest BCUT2D eigenvalue weighted by Gasteiger charge is -2.26. The Labute approximate surface area is 84.7 Å². The van der Waals surface area contributed by atoms with Crippen molar-refractivity contribution in [2.75, 3.05) is 6.54 Å². The molecule has 1 rings (SSSR count). The van der Waals surface area contributed by atoms with Crippen LogP contribution in [0, 0.1) is 5.41 Å². The summed E-state index contributed by atoms with van der Waals surface area (Å²) in [6, 6.07) is 0.0948. The van der Waals surface area contributed by atoms with Gasteiger partial charge in [0.25, 0.3) is 0 Å². The Kier molecular flexibility index (Phi) is 2.83. The number of hydrogen-bond acceptors (Lipinski definition) is 3. The van der Waals surface area contributed by atoms with Gasteiger partial charge in [0.05, 0.1) is 6.54 Å². The van der Waals surface area contributed by atoms with Crippen molar-refractivity contribution >= 4 is 11.8 Å². The van der Waals surface area contributed by atoms with Gasteiger partial charge < -0.3 is 10.1 Å². The van der Waals surface area contributed by atoms with Gasteiger partial charge in [0.2, 0.25) is 0 Å². The van der Waals surface area contributed by atoms with Gasteiger partial charge in [-0.1, -0.05) is 0 Å². The second-order valence-corrected chi connectivity index (χ2v) is 4.76. The molecular weight excluding hydrogens is 180 g/mol. The van der Waals surface area contributed by atoms with E-state index in [0.29, 0.717) is 18.7 Å². The first kappa shape index (κ1) is 11.0. The number of ether oxygens (including phenoxy) is 1. The molecule has 1 saturated heterocycles. The maximum Gasteiger partial charge on any atom is 0.410 e. The zero-order valence-electron chi connectivity index (χ0n) is 9.26. The van der Waals surface area contributed by atoms with Crippen molar-refractivity contribution in [2.24, 2.45) is 0 Å². The van der Waals surface area contributed by atoms with Crippen molar-refractivity contribution in [1.82, 2.24) is 4.90 Å². The minimum Gasteiger partial charge on any atom is -0.444 e. The van der Waals surface area contributed by atoms with E-state index in [1.807, 2.05) is 27.7 Å². The van der Waals surface area contributed by atoms with Crippen LogP contribution in [0.1, 0.15) is 34.1 Å². The van der Waals surface area contributed by atoms with E-state index in [0.717, 1.165) is 0 Å². The van der Waals surface area contributed by atoms with Crippen LogP contribution in [0.25, 0.3) is 0 Å². The smallest absolute Gasteiger partial charge is 0.410 e. The Morgan fingerprint density at radius 3 is 2.50 bits per heavy atom. The molecule has 0 bridgehead atoms. The van der Waals surface area contributed by atoms with Gasteiger partial charge in [-0.25, -0.2) is 4.79 Å². The van der Waals surface area contributed by atoms with Crippen LogP contribution >= 0.6 is 0 Å². The third-order valence-electron chi connectivity index (χ3n) is 2.06. The SMILES string of the molecule is C[C@@H]1CC(=N)CN1C(=O)OC(C)(C)C. The second-order valence-electron chi connectivity index (χ2n) is 4.76. The molecule has 0 aromatic carbocycles. The van der Waals surface area contributed by atoms with Crippen LogP contribution in [0.15, 0.2) is 0 Å². The van der Waals surface area contributed by atoms with Crippen LogP contribution in [-0.2, 0) is 4.74 Å². The molecule has 1 N–H and O–H groups in total. The lowest BCUT2D eigenvalue weighted by Crippen LogP contribution is -2.38. The van der Waals surface area contributed by atoms with Crippen molar-refractivity contribution in [3.63, 3.8) is 0 Å². The number of likely N-dealkylation sites (tertiary alicyclic amines) is 1. The molecule has 1 aliphatic heterocycles. The summed E-state index contributed by atoms with van der Waals surface area (Å²) in [4.78, 5) is 13.2. The molecule has 0 aromatic heterocycles. The molecule has 0 aliphatic carbocycles. The Morgan fingerprint density at radius 1 is 1.57 bits per heavy atom. The predicted octanol–water partition coefficient (Wildman–Crippen LogP) is 2.04. The van der Waals surface area contributed by atoms with E-state index in [4.69, 9.17) is 10.1 Å². The summed E-state index contributed by atoms with van der Waals surface area (Å²) in [5, 5.41) is 7.48. The quantitative estimate of drug-likeness (QED) is 0.647.